The molecule has 0 radical (unpaired) electrons. The third-order valence-electron chi connectivity index (χ3n) is 3.45. The molecule has 1 atom stereocenters. The highest BCUT2D eigenvalue weighted by molar-refractivity contribution is 9.10. The van der Waals surface area contributed by atoms with Crippen molar-refractivity contribution in [2.24, 2.45) is 0 Å². The van der Waals surface area contributed by atoms with Gasteiger partial charge in [0.05, 0.1) is 18.8 Å². The Hall–Kier alpha value is -2.78. The summed E-state index contributed by atoms with van der Waals surface area (Å²) in [7, 11) is 1.47. The Morgan fingerprint density at radius 3 is 2.52 bits per heavy atom. The minimum absolute atomic E-state index is 0.282. The third-order valence-corrected chi connectivity index (χ3v) is 3.98. The number of para-hydroxylation sites is 1. The number of allylic oxidation sites excluding steroid dienone is 1. The lowest BCUT2D eigenvalue weighted by Gasteiger charge is -2.16. The summed E-state index contributed by atoms with van der Waals surface area (Å²) >= 11 is 3.36. The number of aliphatic carboxylic acids is 1. The van der Waals surface area contributed by atoms with Crippen molar-refractivity contribution in [3.63, 3.8) is 0 Å². The van der Waals surface area contributed by atoms with Gasteiger partial charge in [-0.15, -0.1) is 0 Å². The third kappa shape index (κ3) is 4.61. The van der Waals surface area contributed by atoms with Gasteiger partial charge in [0.15, 0.2) is 17.6 Å². The molecule has 0 saturated heterocycles. The number of hydrogen-bond acceptors (Lipinski definition) is 4. The van der Waals surface area contributed by atoms with Gasteiger partial charge in [0.25, 0.3) is 0 Å². The number of benzene rings is 2. The molecule has 25 heavy (non-hydrogen) atoms. The molecule has 0 bridgehead atoms. The molecule has 0 saturated carbocycles. The number of nitriles is 1. The van der Waals surface area contributed by atoms with E-state index in [4.69, 9.17) is 14.6 Å². The van der Waals surface area contributed by atoms with Gasteiger partial charge in [0.1, 0.15) is 0 Å². The maximum absolute atomic E-state index is 11.1. The van der Waals surface area contributed by atoms with Gasteiger partial charge in [-0.2, -0.15) is 5.26 Å². The second-order valence-corrected chi connectivity index (χ2v) is 6.07. The van der Waals surface area contributed by atoms with E-state index in [0.29, 0.717) is 16.9 Å². The van der Waals surface area contributed by atoms with Crippen molar-refractivity contribution < 1.29 is 19.4 Å². The topological polar surface area (TPSA) is 79.5 Å². The minimum Gasteiger partial charge on any atom is -0.493 e. The van der Waals surface area contributed by atoms with Crippen LogP contribution in [0, 0.1) is 11.3 Å². The van der Waals surface area contributed by atoms with Gasteiger partial charge in [-0.05, 0) is 36.8 Å². The Morgan fingerprint density at radius 2 is 1.96 bits per heavy atom. The molecule has 5 nitrogen and oxygen atoms in total. The summed E-state index contributed by atoms with van der Waals surface area (Å²) in [6.45, 7) is 1.43. The lowest BCUT2D eigenvalue weighted by atomic mass is 10.0. The highest BCUT2D eigenvalue weighted by Crippen LogP contribution is 2.34. The average molecular weight is 402 g/mol. The molecule has 0 aliphatic heterocycles. The van der Waals surface area contributed by atoms with Crippen molar-refractivity contribution in [1.82, 2.24) is 0 Å². The Bertz CT molecular complexity index is 837. The van der Waals surface area contributed by atoms with E-state index in [1.54, 1.807) is 24.3 Å². The number of methoxy groups -OCH3 is 1. The van der Waals surface area contributed by atoms with Crippen LogP contribution in [0.3, 0.4) is 0 Å². The fourth-order valence-corrected chi connectivity index (χ4v) is 2.39. The van der Waals surface area contributed by atoms with Gasteiger partial charge in [0.2, 0.25) is 0 Å². The molecular formula is C19H16BrNO4. The predicted molar refractivity (Wildman–Crippen MR) is 98.3 cm³/mol. The van der Waals surface area contributed by atoms with Crippen LogP contribution in [0.5, 0.6) is 11.5 Å². The molecule has 2 aromatic carbocycles. The van der Waals surface area contributed by atoms with E-state index in [9.17, 15) is 10.1 Å². The van der Waals surface area contributed by atoms with Crippen LogP contribution < -0.4 is 9.47 Å². The number of ether oxygens (including phenoxy) is 2. The first-order chi connectivity index (χ1) is 12.0. The summed E-state index contributed by atoms with van der Waals surface area (Å²) in [5, 5.41) is 18.6. The van der Waals surface area contributed by atoms with Crippen LogP contribution in [-0.2, 0) is 4.79 Å². The number of hydrogen-bond donors (Lipinski definition) is 1. The summed E-state index contributed by atoms with van der Waals surface area (Å²) in [6, 6.07) is 14.6. The summed E-state index contributed by atoms with van der Waals surface area (Å²) in [4.78, 5) is 11.1. The van der Waals surface area contributed by atoms with Gasteiger partial charge in [0, 0.05) is 10.0 Å². The monoisotopic (exact) mass is 401 g/mol. The first-order valence-corrected chi connectivity index (χ1v) is 8.19. The summed E-state index contributed by atoms with van der Waals surface area (Å²) < 4.78 is 11.7. The van der Waals surface area contributed by atoms with Crippen LogP contribution in [0.25, 0.3) is 11.6 Å². The van der Waals surface area contributed by atoms with E-state index in [2.05, 4.69) is 22.0 Å². The zero-order valence-electron chi connectivity index (χ0n) is 13.7. The number of rotatable bonds is 6. The molecule has 0 unspecified atom stereocenters. The van der Waals surface area contributed by atoms with Gasteiger partial charge < -0.3 is 14.6 Å². The summed E-state index contributed by atoms with van der Waals surface area (Å²) in [6.07, 6.45) is 0.594. The quantitative estimate of drug-likeness (QED) is 0.573. The molecule has 0 spiro atoms. The van der Waals surface area contributed by atoms with Crippen LogP contribution in [0.4, 0.5) is 0 Å². The van der Waals surface area contributed by atoms with Gasteiger partial charge in [-0.1, -0.05) is 40.2 Å². The Kier molecular flexibility index (Phi) is 6.20. The minimum atomic E-state index is -1.09. The SMILES string of the molecule is COc1cccc(/C=C(\C#N)c2ccc(Br)cc2)c1O[C@@H](C)C(=O)O. The van der Waals surface area contributed by atoms with Crippen LogP contribution in [-0.4, -0.2) is 24.3 Å². The molecule has 0 aliphatic carbocycles. The lowest BCUT2D eigenvalue weighted by Crippen LogP contribution is -2.23. The van der Waals surface area contributed by atoms with Crippen LogP contribution in [0.1, 0.15) is 18.1 Å². The van der Waals surface area contributed by atoms with E-state index in [0.717, 1.165) is 10.0 Å². The lowest BCUT2D eigenvalue weighted by molar-refractivity contribution is -0.144. The number of carbonyl (C=O) groups is 1. The molecule has 0 heterocycles. The van der Waals surface area contributed by atoms with E-state index in [1.165, 1.54) is 14.0 Å². The molecule has 1 N–H and O–H groups in total. The van der Waals surface area contributed by atoms with E-state index in [1.807, 2.05) is 24.3 Å². The highest BCUT2D eigenvalue weighted by Gasteiger charge is 2.18. The largest absolute Gasteiger partial charge is 0.493 e. The molecule has 0 aromatic heterocycles. The number of halogens is 1. The van der Waals surface area contributed by atoms with Gasteiger partial charge in [-0.25, -0.2) is 4.79 Å². The second kappa shape index (κ2) is 8.36. The van der Waals surface area contributed by atoms with E-state index < -0.39 is 12.1 Å². The summed E-state index contributed by atoms with van der Waals surface area (Å²) in [5.41, 5.74) is 1.73. The Balaban J connectivity index is 2.51. The fourth-order valence-electron chi connectivity index (χ4n) is 2.13. The molecule has 0 amide bonds. The van der Waals surface area contributed by atoms with Gasteiger partial charge in [-0.3, -0.25) is 0 Å². The first-order valence-electron chi connectivity index (χ1n) is 7.40. The van der Waals surface area contributed by atoms with Crippen LogP contribution >= 0.6 is 15.9 Å². The first kappa shape index (κ1) is 18.6. The van der Waals surface area contributed by atoms with Crippen molar-refractivity contribution in [3.8, 4) is 17.6 Å². The number of carboxylic acid groups (broad SMARTS) is 1. The number of nitrogens with zero attached hydrogens (tertiary/aromatic N) is 1. The van der Waals surface area contributed by atoms with Crippen LogP contribution in [0.15, 0.2) is 46.9 Å². The molecule has 2 rings (SSSR count). The predicted octanol–water partition coefficient (Wildman–Crippen LogP) is 4.37. The molecular weight excluding hydrogens is 386 g/mol. The zero-order chi connectivity index (χ0) is 18.4. The average Bonchev–Trinajstić information content (AvgIpc) is 2.61. The Labute approximate surface area is 154 Å². The van der Waals surface area contributed by atoms with E-state index >= 15 is 0 Å². The standard InChI is InChI=1S/C19H16BrNO4/c1-12(19(22)23)25-18-14(4-3-5-17(18)24-2)10-15(11-21)13-6-8-16(20)9-7-13/h3-10,12H,1-2H3,(H,22,23)/b15-10+/t12-/m0/s1. The van der Waals surface area contributed by atoms with E-state index in [-0.39, 0.29) is 5.75 Å². The molecule has 6 heteroatoms. The molecule has 0 fully saturated rings. The molecule has 0 aliphatic rings. The van der Waals surface area contributed by atoms with Crippen LogP contribution in [0.2, 0.25) is 0 Å². The smallest absolute Gasteiger partial charge is 0.344 e. The van der Waals surface area contributed by atoms with Crippen molar-refractivity contribution in [3.05, 3.63) is 58.1 Å². The van der Waals surface area contributed by atoms with Crippen molar-refractivity contribution in [2.45, 2.75) is 13.0 Å². The summed E-state index contributed by atoms with van der Waals surface area (Å²) in [5.74, 6) is -0.408. The normalized spacial score (nSPS) is 12.2. The van der Waals surface area contributed by atoms with Crippen molar-refractivity contribution in [1.29, 1.82) is 5.26 Å². The Morgan fingerprint density at radius 1 is 1.28 bits per heavy atom. The maximum Gasteiger partial charge on any atom is 0.344 e. The molecule has 2 aromatic rings. The van der Waals surface area contributed by atoms with Gasteiger partial charge >= 0.3 is 5.97 Å². The second-order valence-electron chi connectivity index (χ2n) is 5.15. The number of carboxylic acids is 1. The van der Waals surface area contributed by atoms with Crippen molar-refractivity contribution in [2.75, 3.05) is 7.11 Å². The zero-order valence-corrected chi connectivity index (χ0v) is 15.3. The highest BCUT2D eigenvalue weighted by atomic mass is 79.9. The maximum atomic E-state index is 11.1. The molecule has 128 valence electrons. The fraction of sp³-hybridized carbons (Fsp3) is 0.158. The van der Waals surface area contributed by atoms with Crippen molar-refractivity contribution >= 4 is 33.5 Å².